The molecular formula is C25H27N4O2+. The third kappa shape index (κ3) is 4.37. The van der Waals surface area contributed by atoms with Crippen molar-refractivity contribution in [1.82, 2.24) is 4.90 Å². The van der Waals surface area contributed by atoms with Crippen molar-refractivity contribution in [3.8, 4) is 11.8 Å². The van der Waals surface area contributed by atoms with Gasteiger partial charge in [-0.25, -0.2) is 0 Å². The van der Waals surface area contributed by atoms with Crippen molar-refractivity contribution in [2.75, 3.05) is 26.7 Å². The summed E-state index contributed by atoms with van der Waals surface area (Å²) in [5, 5.41) is 9.19. The van der Waals surface area contributed by atoms with Crippen LogP contribution in [0.25, 0.3) is 0 Å². The van der Waals surface area contributed by atoms with Crippen LogP contribution in [0.4, 0.5) is 5.69 Å². The molecule has 158 valence electrons. The van der Waals surface area contributed by atoms with E-state index in [0.29, 0.717) is 24.2 Å². The van der Waals surface area contributed by atoms with Gasteiger partial charge in [-0.15, -0.1) is 0 Å². The first-order chi connectivity index (χ1) is 15.1. The molecule has 0 aromatic heterocycles. The van der Waals surface area contributed by atoms with Crippen molar-refractivity contribution >= 4 is 17.3 Å². The third-order valence-corrected chi connectivity index (χ3v) is 5.95. The zero-order valence-electron chi connectivity index (χ0n) is 17.8. The number of methoxy groups -OCH3 is 1. The number of nitriles is 1. The number of nitrogens with zero attached hydrogens (tertiary/aromatic N) is 3. The molecule has 1 saturated heterocycles. The fourth-order valence-corrected chi connectivity index (χ4v) is 4.19. The zero-order chi connectivity index (χ0) is 21.8. The minimum absolute atomic E-state index is 0.0458. The molecule has 6 heteroatoms. The van der Waals surface area contributed by atoms with E-state index in [1.165, 1.54) is 0 Å². The van der Waals surface area contributed by atoms with E-state index in [9.17, 15) is 10.1 Å². The van der Waals surface area contributed by atoms with Crippen LogP contribution in [-0.2, 0) is 4.79 Å². The average Bonchev–Trinajstić information content (AvgIpc) is 2.84. The molecule has 0 saturated carbocycles. The number of carbonyl (C=O) groups excluding carboxylic acids is 1. The Morgan fingerprint density at radius 1 is 1.13 bits per heavy atom. The summed E-state index contributed by atoms with van der Waals surface area (Å²) in [5.41, 5.74) is 10.1. The van der Waals surface area contributed by atoms with Crippen LogP contribution in [0.5, 0.6) is 5.75 Å². The Morgan fingerprint density at radius 3 is 2.42 bits per heavy atom. The number of benzene rings is 2. The summed E-state index contributed by atoms with van der Waals surface area (Å²) < 4.78 is 7.49. The second-order valence-electron chi connectivity index (χ2n) is 7.92. The van der Waals surface area contributed by atoms with Crippen LogP contribution >= 0.6 is 0 Å². The Morgan fingerprint density at radius 2 is 1.81 bits per heavy atom. The lowest BCUT2D eigenvalue weighted by molar-refractivity contribution is -0.440. The summed E-state index contributed by atoms with van der Waals surface area (Å²) in [6.07, 6.45) is 4.48. The van der Waals surface area contributed by atoms with Crippen molar-refractivity contribution in [1.29, 1.82) is 5.26 Å². The van der Waals surface area contributed by atoms with E-state index in [1.54, 1.807) is 19.2 Å². The SMILES string of the molecule is COc1ccc([N+]2=C(c3ccc(C#N)cc3)C(C(=O)N3CCC(N)CC3)=CCC2)cc1. The Bertz CT molecular complexity index is 1050. The average molecular weight is 416 g/mol. The van der Waals surface area contributed by atoms with E-state index < -0.39 is 0 Å². The molecule has 0 aliphatic carbocycles. The largest absolute Gasteiger partial charge is 0.497 e. The van der Waals surface area contributed by atoms with Gasteiger partial charge in [0.25, 0.3) is 5.91 Å². The molecule has 2 aliphatic rings. The summed E-state index contributed by atoms with van der Waals surface area (Å²) in [6, 6.07) is 17.6. The number of ether oxygens (including phenoxy) is 1. The fraction of sp³-hybridized carbons (Fsp3) is 0.320. The van der Waals surface area contributed by atoms with Crippen LogP contribution in [0, 0.1) is 11.3 Å². The molecule has 0 unspecified atom stereocenters. The van der Waals surface area contributed by atoms with Gasteiger partial charge in [0.2, 0.25) is 11.4 Å². The lowest BCUT2D eigenvalue weighted by Crippen LogP contribution is -2.45. The standard InChI is InChI=1S/C25H27N4O2/c1-31-22-10-8-21(9-11-22)29-14-2-3-23(25(30)28-15-12-20(27)13-16-28)24(29)19-6-4-18(17-26)5-7-19/h3-11,20H,2,12-16,27H2,1H3/q+1. The van der Waals surface area contributed by atoms with Crippen molar-refractivity contribution < 1.29 is 14.1 Å². The molecule has 1 amide bonds. The quantitative estimate of drug-likeness (QED) is 0.779. The number of rotatable bonds is 4. The summed E-state index contributed by atoms with van der Waals surface area (Å²) >= 11 is 0. The molecule has 31 heavy (non-hydrogen) atoms. The van der Waals surface area contributed by atoms with E-state index in [0.717, 1.165) is 48.5 Å². The molecule has 0 bridgehead atoms. The predicted molar refractivity (Wildman–Crippen MR) is 120 cm³/mol. The van der Waals surface area contributed by atoms with Crippen LogP contribution in [0.15, 0.2) is 60.2 Å². The number of piperidine rings is 1. The van der Waals surface area contributed by atoms with Crippen LogP contribution in [0.1, 0.15) is 30.4 Å². The first-order valence-electron chi connectivity index (χ1n) is 10.6. The van der Waals surface area contributed by atoms with Gasteiger partial charge in [0.1, 0.15) is 11.3 Å². The van der Waals surface area contributed by atoms with Crippen LogP contribution in [0.3, 0.4) is 0 Å². The van der Waals surface area contributed by atoms with Gasteiger partial charge in [-0.3, -0.25) is 4.79 Å². The zero-order valence-corrected chi connectivity index (χ0v) is 17.8. The molecule has 0 radical (unpaired) electrons. The number of nitrogens with two attached hydrogens (primary N) is 1. The molecule has 2 N–H and O–H groups in total. The van der Waals surface area contributed by atoms with E-state index >= 15 is 0 Å². The van der Waals surface area contributed by atoms with E-state index in [-0.39, 0.29) is 11.9 Å². The molecule has 2 aromatic carbocycles. The van der Waals surface area contributed by atoms with Gasteiger partial charge in [0.15, 0.2) is 6.54 Å². The Hall–Kier alpha value is -3.43. The first kappa shape index (κ1) is 20.8. The molecule has 0 atom stereocenters. The van der Waals surface area contributed by atoms with Gasteiger partial charge in [-0.1, -0.05) is 6.08 Å². The fourth-order valence-electron chi connectivity index (χ4n) is 4.19. The summed E-state index contributed by atoms with van der Waals surface area (Å²) in [5.74, 6) is 0.835. The molecule has 1 fully saturated rings. The summed E-state index contributed by atoms with van der Waals surface area (Å²) in [7, 11) is 1.65. The molecular weight excluding hydrogens is 388 g/mol. The highest BCUT2D eigenvalue weighted by molar-refractivity contribution is 6.26. The Labute approximate surface area is 182 Å². The van der Waals surface area contributed by atoms with E-state index in [1.807, 2.05) is 47.4 Å². The van der Waals surface area contributed by atoms with E-state index in [4.69, 9.17) is 10.5 Å². The maximum Gasteiger partial charge on any atom is 0.260 e. The number of likely N-dealkylation sites (tertiary alicyclic amines) is 1. The van der Waals surface area contributed by atoms with Gasteiger partial charge in [-0.2, -0.15) is 9.84 Å². The number of hydrogen-bond acceptors (Lipinski definition) is 4. The Kier molecular flexibility index (Phi) is 6.15. The first-order valence-corrected chi connectivity index (χ1v) is 10.6. The monoisotopic (exact) mass is 415 g/mol. The molecule has 2 heterocycles. The lowest BCUT2D eigenvalue weighted by atomic mass is 9.94. The summed E-state index contributed by atoms with van der Waals surface area (Å²) in [6.45, 7) is 2.13. The highest BCUT2D eigenvalue weighted by Crippen LogP contribution is 2.26. The minimum Gasteiger partial charge on any atom is -0.497 e. The number of amides is 1. The van der Waals surface area contributed by atoms with Gasteiger partial charge >= 0.3 is 0 Å². The molecule has 0 spiro atoms. The topological polar surface area (TPSA) is 82.4 Å². The smallest absolute Gasteiger partial charge is 0.260 e. The van der Waals surface area contributed by atoms with E-state index in [2.05, 4.69) is 10.6 Å². The molecule has 4 rings (SSSR count). The Balaban J connectivity index is 1.78. The van der Waals surface area contributed by atoms with Gasteiger partial charge in [-0.05, 0) is 49.2 Å². The summed E-state index contributed by atoms with van der Waals surface area (Å²) in [4.78, 5) is 15.5. The lowest BCUT2D eigenvalue weighted by Gasteiger charge is -2.31. The maximum atomic E-state index is 13.5. The number of carbonyl (C=O) groups is 1. The highest BCUT2D eigenvalue weighted by Gasteiger charge is 2.34. The number of hydrogen-bond donors (Lipinski definition) is 1. The van der Waals surface area contributed by atoms with Crippen molar-refractivity contribution in [2.24, 2.45) is 5.73 Å². The minimum atomic E-state index is 0.0458. The van der Waals surface area contributed by atoms with Crippen molar-refractivity contribution in [3.63, 3.8) is 0 Å². The van der Waals surface area contributed by atoms with Crippen LogP contribution < -0.4 is 10.5 Å². The molecule has 6 nitrogen and oxygen atoms in total. The maximum absolute atomic E-state index is 13.5. The molecule has 2 aliphatic heterocycles. The highest BCUT2D eigenvalue weighted by atomic mass is 16.5. The van der Waals surface area contributed by atoms with Crippen LogP contribution in [-0.4, -0.2) is 53.9 Å². The second kappa shape index (κ2) is 9.15. The van der Waals surface area contributed by atoms with Gasteiger partial charge in [0.05, 0.1) is 18.7 Å². The van der Waals surface area contributed by atoms with Crippen molar-refractivity contribution in [3.05, 3.63) is 71.3 Å². The van der Waals surface area contributed by atoms with Gasteiger partial charge in [0, 0.05) is 43.2 Å². The van der Waals surface area contributed by atoms with Crippen molar-refractivity contribution in [2.45, 2.75) is 25.3 Å². The predicted octanol–water partition coefficient (Wildman–Crippen LogP) is 2.98. The third-order valence-electron chi connectivity index (χ3n) is 5.95. The molecule has 2 aromatic rings. The second-order valence-corrected chi connectivity index (χ2v) is 7.92. The van der Waals surface area contributed by atoms with Gasteiger partial charge < -0.3 is 15.4 Å². The normalized spacial score (nSPS) is 17.2. The van der Waals surface area contributed by atoms with Crippen LogP contribution in [0.2, 0.25) is 0 Å².